The number of hydrogen-bond donors (Lipinski definition) is 3. The summed E-state index contributed by atoms with van der Waals surface area (Å²) in [6.45, 7) is 4.43. The number of amides is 3. The molecule has 3 heterocycles. The quantitative estimate of drug-likeness (QED) is 0.656. The van der Waals surface area contributed by atoms with Crippen molar-refractivity contribution in [3.63, 3.8) is 0 Å². The number of aromatic amines is 1. The number of fused-ring (bicyclic) bond motifs is 1. The van der Waals surface area contributed by atoms with Crippen LogP contribution in [-0.2, 0) is 22.5 Å². The molecule has 2 aromatic rings. The van der Waals surface area contributed by atoms with Crippen LogP contribution in [0, 0.1) is 19.8 Å². The minimum absolute atomic E-state index is 0.0275. The topological polar surface area (TPSA) is 116 Å². The minimum atomic E-state index is -0.283. The standard InChI is InChI=1S/C23H29N5O4/c1-13-18(21(30)26-14(2)25-13)11-19(29)24-12-15-6-4-7-16(10-15)20-17-8-5-9-32-22(17)28(3)23(31)27-20/h4,6-7,10,17,20,22H,5,8-9,11-12H2,1-3H3,(H,24,29)(H,27,31)(H,25,26,30)/t17-,20-,22-/m0/s1. The van der Waals surface area contributed by atoms with Crippen molar-refractivity contribution in [3.05, 3.63) is 62.8 Å². The number of nitrogens with one attached hydrogen (secondary N) is 3. The van der Waals surface area contributed by atoms with E-state index in [0.717, 1.165) is 24.0 Å². The summed E-state index contributed by atoms with van der Waals surface area (Å²) in [6, 6.07) is 7.57. The van der Waals surface area contributed by atoms with Crippen LogP contribution in [0.4, 0.5) is 4.79 Å². The zero-order chi connectivity index (χ0) is 22.8. The van der Waals surface area contributed by atoms with Gasteiger partial charge in [0.1, 0.15) is 12.1 Å². The first kappa shape index (κ1) is 22.0. The first-order chi connectivity index (χ1) is 15.3. The number of H-pyrrole nitrogens is 1. The normalized spacial score (nSPS) is 22.8. The molecule has 0 radical (unpaired) electrons. The number of benzene rings is 1. The molecule has 9 heteroatoms. The van der Waals surface area contributed by atoms with Crippen LogP contribution in [0.5, 0.6) is 0 Å². The summed E-state index contributed by atoms with van der Waals surface area (Å²) in [5, 5.41) is 5.98. The molecule has 2 fully saturated rings. The summed E-state index contributed by atoms with van der Waals surface area (Å²) in [4.78, 5) is 45.5. The zero-order valence-electron chi connectivity index (χ0n) is 18.6. The number of aryl methyl sites for hydroxylation is 2. The van der Waals surface area contributed by atoms with Crippen LogP contribution in [-0.4, -0.2) is 46.7 Å². The van der Waals surface area contributed by atoms with Crippen molar-refractivity contribution in [2.75, 3.05) is 13.7 Å². The maximum absolute atomic E-state index is 12.5. The molecule has 9 nitrogen and oxygen atoms in total. The number of carbonyl (C=O) groups is 2. The molecule has 170 valence electrons. The van der Waals surface area contributed by atoms with Gasteiger partial charge in [0, 0.05) is 37.4 Å². The van der Waals surface area contributed by atoms with Crippen LogP contribution in [0.1, 0.15) is 47.1 Å². The average Bonchev–Trinajstić information content (AvgIpc) is 2.77. The molecule has 2 saturated heterocycles. The van der Waals surface area contributed by atoms with Gasteiger partial charge in [0.05, 0.1) is 12.5 Å². The van der Waals surface area contributed by atoms with Crippen molar-refractivity contribution < 1.29 is 14.3 Å². The Morgan fingerprint density at radius 2 is 2.12 bits per heavy atom. The third-order valence-electron chi connectivity index (χ3n) is 6.22. The lowest BCUT2D eigenvalue weighted by Crippen LogP contribution is -2.59. The Morgan fingerprint density at radius 3 is 2.91 bits per heavy atom. The predicted octanol–water partition coefficient (Wildman–Crippen LogP) is 1.69. The number of rotatable bonds is 5. The van der Waals surface area contributed by atoms with Gasteiger partial charge >= 0.3 is 6.03 Å². The van der Waals surface area contributed by atoms with E-state index in [-0.39, 0.29) is 42.1 Å². The van der Waals surface area contributed by atoms with E-state index in [2.05, 4.69) is 20.6 Å². The largest absolute Gasteiger partial charge is 0.358 e. The molecule has 1 aromatic carbocycles. The van der Waals surface area contributed by atoms with Gasteiger partial charge in [-0.2, -0.15) is 0 Å². The number of carbonyl (C=O) groups excluding carboxylic acids is 2. The first-order valence-corrected chi connectivity index (χ1v) is 10.9. The number of aromatic nitrogens is 2. The predicted molar refractivity (Wildman–Crippen MR) is 118 cm³/mol. The molecule has 0 saturated carbocycles. The molecule has 4 rings (SSSR count). The van der Waals surface area contributed by atoms with Gasteiger partial charge in [0.2, 0.25) is 5.91 Å². The second-order valence-electron chi connectivity index (χ2n) is 8.52. The summed E-state index contributed by atoms with van der Waals surface area (Å²) in [6.07, 6.45) is 1.68. The number of nitrogens with zero attached hydrogens (tertiary/aromatic N) is 2. The fraction of sp³-hybridized carbons (Fsp3) is 0.478. The van der Waals surface area contributed by atoms with Crippen LogP contribution in [0.15, 0.2) is 29.1 Å². The van der Waals surface area contributed by atoms with Crippen molar-refractivity contribution in [3.8, 4) is 0 Å². The Labute approximate surface area is 186 Å². The molecule has 0 spiro atoms. The van der Waals surface area contributed by atoms with Gasteiger partial charge < -0.3 is 25.3 Å². The molecule has 1 aromatic heterocycles. The molecule has 2 aliphatic heterocycles. The number of hydrogen-bond acceptors (Lipinski definition) is 5. The van der Waals surface area contributed by atoms with Gasteiger partial charge in [-0.25, -0.2) is 9.78 Å². The second-order valence-corrected chi connectivity index (χ2v) is 8.52. The smallest absolute Gasteiger partial charge is 0.319 e. The van der Waals surface area contributed by atoms with E-state index in [4.69, 9.17) is 4.74 Å². The lowest BCUT2D eigenvalue weighted by Gasteiger charge is -2.46. The molecule has 0 unspecified atom stereocenters. The van der Waals surface area contributed by atoms with Crippen molar-refractivity contribution >= 4 is 11.9 Å². The lowest BCUT2D eigenvalue weighted by molar-refractivity contribution is -0.120. The van der Waals surface area contributed by atoms with Crippen molar-refractivity contribution in [2.24, 2.45) is 5.92 Å². The van der Waals surface area contributed by atoms with Crippen LogP contribution in [0.25, 0.3) is 0 Å². The number of urea groups is 1. The fourth-order valence-electron chi connectivity index (χ4n) is 4.59. The third-order valence-corrected chi connectivity index (χ3v) is 6.22. The van der Waals surface area contributed by atoms with E-state index in [1.807, 2.05) is 24.3 Å². The fourth-order valence-corrected chi connectivity index (χ4v) is 4.59. The maximum Gasteiger partial charge on any atom is 0.319 e. The molecular formula is C23H29N5O4. The van der Waals surface area contributed by atoms with Gasteiger partial charge in [0.15, 0.2) is 0 Å². The summed E-state index contributed by atoms with van der Waals surface area (Å²) < 4.78 is 5.88. The van der Waals surface area contributed by atoms with Gasteiger partial charge in [0.25, 0.3) is 5.56 Å². The zero-order valence-corrected chi connectivity index (χ0v) is 18.6. The van der Waals surface area contributed by atoms with Gasteiger partial charge in [-0.05, 0) is 37.8 Å². The Morgan fingerprint density at radius 1 is 1.31 bits per heavy atom. The molecule has 2 aliphatic rings. The number of ether oxygens (including phenoxy) is 1. The Kier molecular flexibility index (Phi) is 6.27. The first-order valence-electron chi connectivity index (χ1n) is 10.9. The van der Waals surface area contributed by atoms with Crippen molar-refractivity contribution in [2.45, 2.75) is 51.9 Å². The van der Waals surface area contributed by atoms with Crippen LogP contribution in [0.3, 0.4) is 0 Å². The third kappa shape index (κ3) is 4.52. The van der Waals surface area contributed by atoms with Crippen LogP contribution in [0.2, 0.25) is 0 Å². The Hall–Kier alpha value is -3.20. The molecule has 32 heavy (non-hydrogen) atoms. The summed E-state index contributed by atoms with van der Waals surface area (Å²) in [5.74, 6) is 0.447. The molecule has 3 atom stereocenters. The summed E-state index contributed by atoms with van der Waals surface area (Å²) in [7, 11) is 1.76. The Balaban J connectivity index is 1.44. The molecule has 0 bridgehead atoms. The maximum atomic E-state index is 12.5. The van der Waals surface area contributed by atoms with E-state index in [9.17, 15) is 14.4 Å². The second kappa shape index (κ2) is 9.12. The summed E-state index contributed by atoms with van der Waals surface area (Å²) in [5.41, 5.74) is 2.57. The molecule has 3 N–H and O–H groups in total. The molecular weight excluding hydrogens is 410 g/mol. The highest BCUT2D eigenvalue weighted by atomic mass is 16.5. The molecule has 0 aliphatic carbocycles. The van der Waals surface area contributed by atoms with E-state index >= 15 is 0 Å². The van der Waals surface area contributed by atoms with Crippen LogP contribution < -0.4 is 16.2 Å². The SMILES string of the molecule is Cc1nc(C)c(CC(=O)NCc2cccc([C@@H]3NC(=O)N(C)[C@H]4OCCC[C@@H]34)c2)c(=O)[nH]1. The highest BCUT2D eigenvalue weighted by Crippen LogP contribution is 2.37. The van der Waals surface area contributed by atoms with Gasteiger partial charge in [-0.3, -0.25) is 9.59 Å². The lowest BCUT2D eigenvalue weighted by atomic mass is 9.84. The van der Waals surface area contributed by atoms with Crippen molar-refractivity contribution in [1.29, 1.82) is 0 Å². The Bertz CT molecular complexity index is 1080. The minimum Gasteiger partial charge on any atom is -0.358 e. The van der Waals surface area contributed by atoms with E-state index in [1.54, 1.807) is 25.8 Å². The van der Waals surface area contributed by atoms with Gasteiger partial charge in [-0.15, -0.1) is 0 Å². The highest BCUT2D eigenvalue weighted by molar-refractivity contribution is 5.78. The van der Waals surface area contributed by atoms with E-state index < -0.39 is 0 Å². The monoisotopic (exact) mass is 439 g/mol. The average molecular weight is 440 g/mol. The highest BCUT2D eigenvalue weighted by Gasteiger charge is 2.42. The summed E-state index contributed by atoms with van der Waals surface area (Å²) >= 11 is 0. The van der Waals surface area contributed by atoms with Gasteiger partial charge in [-0.1, -0.05) is 24.3 Å². The van der Waals surface area contributed by atoms with E-state index in [1.165, 1.54) is 0 Å². The van der Waals surface area contributed by atoms with Crippen molar-refractivity contribution in [1.82, 2.24) is 25.5 Å². The van der Waals surface area contributed by atoms with Crippen LogP contribution >= 0.6 is 0 Å². The van der Waals surface area contributed by atoms with E-state index in [0.29, 0.717) is 30.2 Å². The molecule has 3 amide bonds.